The maximum Gasteiger partial charge on any atom is 0.283 e. The molecule has 1 heterocycles. The van der Waals surface area contributed by atoms with E-state index < -0.39 is 0 Å². The van der Waals surface area contributed by atoms with E-state index in [-0.39, 0.29) is 42.3 Å². The molecule has 2 aromatic rings. The maximum absolute atomic E-state index is 12.9. The zero-order valence-corrected chi connectivity index (χ0v) is 21.1. The van der Waals surface area contributed by atoms with Crippen LogP contribution in [0.2, 0.25) is 0 Å². The molecule has 6 rings (SSSR count). The first-order valence-corrected chi connectivity index (χ1v) is 12.6. The number of halogens is 1. The second-order valence-corrected chi connectivity index (χ2v) is 11.5. The monoisotopic (exact) mass is 525 g/mol. The van der Waals surface area contributed by atoms with Crippen LogP contribution in [0.4, 0.5) is 5.69 Å². The fourth-order valence-electron chi connectivity index (χ4n) is 6.18. The topological polar surface area (TPSA) is 98.1 Å². The lowest BCUT2D eigenvalue weighted by Gasteiger charge is -2.62. The first-order chi connectivity index (χ1) is 16.1. The summed E-state index contributed by atoms with van der Waals surface area (Å²) >= 11 is 3.41. The van der Waals surface area contributed by atoms with E-state index in [1.54, 1.807) is 24.4 Å². The molecule has 4 aliphatic carbocycles. The molecular formula is C26H28BrN3O4. The number of benzene rings is 1. The van der Waals surface area contributed by atoms with Gasteiger partial charge in [0.1, 0.15) is 11.0 Å². The molecule has 0 aliphatic heterocycles. The number of carbonyl (C=O) groups is 3. The van der Waals surface area contributed by atoms with E-state index in [2.05, 4.69) is 47.1 Å². The van der Waals surface area contributed by atoms with Crippen LogP contribution in [-0.4, -0.2) is 33.2 Å². The Morgan fingerprint density at radius 3 is 2.62 bits per heavy atom. The average molecular weight is 526 g/mol. The van der Waals surface area contributed by atoms with E-state index in [0.717, 1.165) is 11.1 Å². The van der Waals surface area contributed by atoms with Crippen molar-refractivity contribution in [3.63, 3.8) is 0 Å². The minimum atomic E-state index is -0.359. The Morgan fingerprint density at radius 2 is 1.91 bits per heavy atom. The molecule has 0 amide bonds. The van der Waals surface area contributed by atoms with Crippen LogP contribution in [0.3, 0.4) is 0 Å². The molecule has 8 heteroatoms. The number of ketones is 3. The number of nitrogens with zero attached hydrogens (tertiary/aromatic N) is 2. The normalized spacial score (nSPS) is 26.7. The van der Waals surface area contributed by atoms with Crippen molar-refractivity contribution >= 4 is 39.0 Å². The number of nitrogens with one attached hydrogen (secondary N) is 1. The van der Waals surface area contributed by atoms with Crippen LogP contribution in [-0.2, 0) is 17.8 Å². The fraction of sp³-hybridized carbons (Fsp3) is 0.500. The molecule has 7 nitrogen and oxygen atoms in total. The quantitative estimate of drug-likeness (QED) is 0.570. The number of aromatic nitrogens is 2. The maximum atomic E-state index is 12.9. The van der Waals surface area contributed by atoms with E-state index in [0.29, 0.717) is 56.1 Å². The Bertz CT molecular complexity index is 1280. The summed E-state index contributed by atoms with van der Waals surface area (Å²) < 4.78 is 1.53. The van der Waals surface area contributed by atoms with Crippen molar-refractivity contribution in [3.8, 4) is 0 Å². The van der Waals surface area contributed by atoms with Crippen LogP contribution in [0, 0.1) is 23.2 Å². The number of carbonyl (C=O) groups excluding carboxylic acids is 3. The lowest BCUT2D eigenvalue weighted by atomic mass is 9.45. The summed E-state index contributed by atoms with van der Waals surface area (Å²) in [5, 5.41) is 7.77. The predicted molar refractivity (Wildman–Crippen MR) is 131 cm³/mol. The Balaban J connectivity index is 1.26. The highest BCUT2D eigenvalue weighted by atomic mass is 79.9. The highest BCUT2D eigenvalue weighted by Gasteiger charge is 2.56. The molecule has 0 unspecified atom stereocenters. The van der Waals surface area contributed by atoms with Gasteiger partial charge in [-0.2, -0.15) is 5.10 Å². The lowest BCUT2D eigenvalue weighted by molar-refractivity contribution is -0.119. The summed E-state index contributed by atoms with van der Waals surface area (Å²) in [6, 6.07) is 5.19. The molecule has 3 fully saturated rings. The molecule has 1 aromatic carbocycles. The van der Waals surface area contributed by atoms with Gasteiger partial charge in [0.2, 0.25) is 0 Å². The van der Waals surface area contributed by atoms with Gasteiger partial charge in [0.25, 0.3) is 5.56 Å². The first kappa shape index (κ1) is 23.1. The summed E-state index contributed by atoms with van der Waals surface area (Å²) in [6.45, 7) is 6.83. The van der Waals surface area contributed by atoms with Gasteiger partial charge in [0.15, 0.2) is 17.3 Å². The Morgan fingerprint density at radius 1 is 1.18 bits per heavy atom. The predicted octanol–water partition coefficient (Wildman–Crippen LogP) is 4.07. The molecule has 1 aromatic heterocycles. The molecule has 0 saturated heterocycles. The summed E-state index contributed by atoms with van der Waals surface area (Å²) in [6.07, 6.45) is 3.91. The molecule has 4 aliphatic rings. The van der Waals surface area contributed by atoms with Gasteiger partial charge in [-0.05, 0) is 63.6 Å². The Labute approximate surface area is 206 Å². The number of anilines is 1. The smallest absolute Gasteiger partial charge is 0.283 e. The number of Topliss-reactive ketones (excluding diaryl/α,β-unsaturated/α-hetero) is 3. The van der Waals surface area contributed by atoms with E-state index >= 15 is 0 Å². The molecule has 1 N–H and O–H groups in total. The van der Waals surface area contributed by atoms with E-state index in [1.165, 1.54) is 6.42 Å². The van der Waals surface area contributed by atoms with Crippen molar-refractivity contribution in [1.29, 1.82) is 0 Å². The summed E-state index contributed by atoms with van der Waals surface area (Å²) in [5.74, 6) is 1.28. The highest BCUT2D eigenvalue weighted by molar-refractivity contribution is 9.10. The third kappa shape index (κ3) is 3.76. The van der Waals surface area contributed by atoms with Crippen molar-refractivity contribution in [1.82, 2.24) is 9.78 Å². The first-order valence-electron chi connectivity index (χ1n) is 11.8. The van der Waals surface area contributed by atoms with E-state index in [9.17, 15) is 19.2 Å². The molecular weight excluding hydrogens is 498 g/mol. The van der Waals surface area contributed by atoms with Crippen molar-refractivity contribution in [2.45, 2.75) is 59.0 Å². The zero-order chi connectivity index (χ0) is 24.4. The fourth-order valence-corrected chi connectivity index (χ4v) is 6.60. The van der Waals surface area contributed by atoms with Crippen molar-refractivity contribution in [2.24, 2.45) is 23.2 Å². The number of hydrogen-bond acceptors (Lipinski definition) is 6. The third-order valence-electron chi connectivity index (χ3n) is 8.41. The van der Waals surface area contributed by atoms with E-state index in [4.69, 9.17) is 0 Å². The molecule has 178 valence electrons. The second kappa shape index (κ2) is 8.26. The van der Waals surface area contributed by atoms with Crippen LogP contribution >= 0.6 is 15.9 Å². The van der Waals surface area contributed by atoms with Gasteiger partial charge in [0.05, 0.1) is 18.3 Å². The molecule has 3 saturated carbocycles. The van der Waals surface area contributed by atoms with Crippen LogP contribution < -0.4 is 10.9 Å². The summed E-state index contributed by atoms with van der Waals surface area (Å²) in [5.41, 5.74) is 2.12. The van der Waals surface area contributed by atoms with Crippen LogP contribution in [0.1, 0.15) is 66.3 Å². The van der Waals surface area contributed by atoms with Crippen LogP contribution in [0.15, 0.2) is 33.7 Å². The van der Waals surface area contributed by atoms with Crippen LogP contribution in [0.5, 0.6) is 0 Å². The largest absolute Gasteiger partial charge is 0.380 e. The molecule has 0 radical (unpaired) electrons. The zero-order valence-electron chi connectivity index (χ0n) is 19.6. The van der Waals surface area contributed by atoms with Gasteiger partial charge in [-0.1, -0.05) is 32.9 Å². The van der Waals surface area contributed by atoms with Crippen molar-refractivity contribution < 1.29 is 14.4 Å². The van der Waals surface area contributed by atoms with Gasteiger partial charge < -0.3 is 5.32 Å². The Kier molecular flexibility index (Phi) is 5.62. The molecule has 4 atom stereocenters. The molecule has 0 spiro atoms. The van der Waals surface area contributed by atoms with Gasteiger partial charge in [0, 0.05) is 23.6 Å². The highest BCUT2D eigenvalue weighted by Crippen LogP contribution is 2.61. The molecule has 2 bridgehead atoms. The minimum absolute atomic E-state index is 0.0542. The SMILES string of the molecule is C[C@H]1[C@H](Nc2cnn(CC(=O)Cc3ccc4c(c3)C(=O)CC4=O)c(=O)c2Br)C[C@H]2C[C@@H]1C2(C)C. The van der Waals surface area contributed by atoms with Crippen molar-refractivity contribution in [3.05, 3.63) is 55.9 Å². The molecule has 34 heavy (non-hydrogen) atoms. The Hall–Kier alpha value is -2.61. The van der Waals surface area contributed by atoms with Gasteiger partial charge >= 0.3 is 0 Å². The average Bonchev–Trinajstić information content (AvgIpc) is 3.07. The van der Waals surface area contributed by atoms with Crippen molar-refractivity contribution in [2.75, 3.05) is 5.32 Å². The van der Waals surface area contributed by atoms with E-state index in [1.807, 2.05) is 0 Å². The standard InChI is InChI=1S/C26H28BrN3O4/c1-13-19-8-15(26(19,2)3)9-20(13)29-21-11-28-30(25(34)24(21)27)12-16(31)6-14-4-5-17-18(7-14)23(33)10-22(17)32/h4-5,7,11,13,15,19-20,29H,6,8-10,12H2,1-3H3/t13-,15-,19+,20-/m1/s1. The number of hydrogen-bond donors (Lipinski definition) is 1. The summed E-state index contributed by atoms with van der Waals surface area (Å²) in [7, 11) is 0. The number of fused-ring (bicyclic) bond motifs is 3. The minimum Gasteiger partial charge on any atom is -0.380 e. The van der Waals surface area contributed by atoms with Gasteiger partial charge in [-0.25, -0.2) is 4.68 Å². The lowest BCUT2D eigenvalue weighted by Crippen LogP contribution is -2.58. The summed E-state index contributed by atoms with van der Waals surface area (Å²) in [4.78, 5) is 49.3. The second-order valence-electron chi connectivity index (χ2n) is 10.7. The third-order valence-corrected chi connectivity index (χ3v) is 9.18. The van der Waals surface area contributed by atoms with Crippen LogP contribution in [0.25, 0.3) is 0 Å². The van der Waals surface area contributed by atoms with Gasteiger partial charge in [-0.3, -0.25) is 19.2 Å². The van der Waals surface area contributed by atoms with Gasteiger partial charge in [-0.15, -0.1) is 0 Å². The number of rotatable bonds is 6.